The predicted octanol–water partition coefficient (Wildman–Crippen LogP) is 4.40. The Morgan fingerprint density at radius 3 is 1.47 bits per heavy atom. The van der Waals surface area contributed by atoms with Crippen LogP contribution in [0.15, 0.2) is 12.7 Å². The first-order chi connectivity index (χ1) is 7.18. The van der Waals surface area contributed by atoms with E-state index in [-0.39, 0.29) is 0 Å². The first kappa shape index (κ1) is 16.6. The van der Waals surface area contributed by atoms with E-state index in [4.69, 9.17) is 5.11 Å². The summed E-state index contributed by atoms with van der Waals surface area (Å²) in [7, 11) is 0. The fraction of sp³-hybridized carbons (Fsp3) is 0.769. The molecule has 0 spiro atoms. The van der Waals surface area contributed by atoms with E-state index in [0.717, 1.165) is 6.08 Å². The molecule has 0 bridgehead atoms. The topological polar surface area (TPSA) is 37.3 Å². The second-order valence-corrected chi connectivity index (χ2v) is 3.66. The summed E-state index contributed by atoms with van der Waals surface area (Å²) >= 11 is 0. The lowest BCUT2D eigenvalue weighted by Gasteiger charge is -1.97. The lowest BCUT2D eigenvalue weighted by atomic mass is 10.1. The van der Waals surface area contributed by atoms with Crippen molar-refractivity contribution in [2.45, 2.75) is 65.2 Å². The van der Waals surface area contributed by atoms with E-state index >= 15 is 0 Å². The van der Waals surface area contributed by atoms with E-state index in [1.54, 1.807) is 0 Å². The molecule has 0 saturated heterocycles. The Kier molecular flexibility index (Phi) is 17.4. The zero-order valence-electron chi connectivity index (χ0n) is 10.3. The van der Waals surface area contributed by atoms with Crippen molar-refractivity contribution in [1.82, 2.24) is 0 Å². The largest absolute Gasteiger partial charge is 0.478 e. The lowest BCUT2D eigenvalue weighted by molar-refractivity contribution is -0.131. The molecule has 0 aromatic heterocycles. The van der Waals surface area contributed by atoms with E-state index in [1.807, 2.05) is 0 Å². The number of aliphatic carboxylic acids is 1. The number of hydrogen-bond donors (Lipinski definition) is 1. The highest BCUT2D eigenvalue weighted by Gasteiger charge is 1.87. The van der Waals surface area contributed by atoms with Gasteiger partial charge in [-0.25, -0.2) is 4.79 Å². The van der Waals surface area contributed by atoms with Crippen LogP contribution in [-0.2, 0) is 4.79 Å². The molecule has 1 N–H and O–H groups in total. The van der Waals surface area contributed by atoms with Gasteiger partial charge in [-0.1, -0.05) is 71.8 Å². The van der Waals surface area contributed by atoms with Gasteiger partial charge in [0.25, 0.3) is 0 Å². The van der Waals surface area contributed by atoms with Gasteiger partial charge in [0.15, 0.2) is 0 Å². The summed E-state index contributed by atoms with van der Waals surface area (Å²) in [6, 6.07) is 0. The monoisotopic (exact) mass is 214 g/mol. The van der Waals surface area contributed by atoms with Crippen LogP contribution in [0.4, 0.5) is 0 Å². The molecule has 0 aliphatic heterocycles. The summed E-state index contributed by atoms with van der Waals surface area (Å²) < 4.78 is 0. The van der Waals surface area contributed by atoms with Crippen molar-refractivity contribution >= 4 is 5.97 Å². The standard InChI is InChI=1S/C10H22.C3H4O2/c1-3-5-7-9-10-8-6-4-2;1-2-3(4)5/h3-10H2,1-2H3;2H,1H2,(H,4,5). The van der Waals surface area contributed by atoms with Crippen molar-refractivity contribution in [3.63, 3.8) is 0 Å². The second kappa shape index (κ2) is 15.7. The number of rotatable bonds is 8. The second-order valence-electron chi connectivity index (χ2n) is 3.66. The molecule has 0 amide bonds. The van der Waals surface area contributed by atoms with Crippen LogP contribution in [0.2, 0.25) is 0 Å². The van der Waals surface area contributed by atoms with Gasteiger partial charge in [0.05, 0.1) is 0 Å². The molecular formula is C13H26O2. The van der Waals surface area contributed by atoms with Gasteiger partial charge in [-0.2, -0.15) is 0 Å². The van der Waals surface area contributed by atoms with Crippen LogP contribution < -0.4 is 0 Å². The molecule has 0 unspecified atom stereocenters. The third-order valence-electron chi connectivity index (χ3n) is 2.13. The summed E-state index contributed by atoms with van der Waals surface area (Å²) in [6.45, 7) is 7.50. The minimum Gasteiger partial charge on any atom is -0.478 e. The summed E-state index contributed by atoms with van der Waals surface area (Å²) in [5, 5.41) is 7.60. The Morgan fingerprint density at radius 1 is 1.00 bits per heavy atom. The Labute approximate surface area is 94.4 Å². The van der Waals surface area contributed by atoms with E-state index in [9.17, 15) is 4.79 Å². The lowest BCUT2D eigenvalue weighted by Crippen LogP contribution is -1.82. The number of carboxylic acids is 1. The maximum atomic E-state index is 9.25. The molecule has 15 heavy (non-hydrogen) atoms. The normalized spacial score (nSPS) is 8.93. The number of carbonyl (C=O) groups is 1. The zero-order chi connectivity index (χ0) is 11.9. The third-order valence-corrected chi connectivity index (χ3v) is 2.13. The van der Waals surface area contributed by atoms with Gasteiger partial charge in [-0.15, -0.1) is 0 Å². The quantitative estimate of drug-likeness (QED) is 0.480. The van der Waals surface area contributed by atoms with Crippen molar-refractivity contribution in [1.29, 1.82) is 0 Å². The Balaban J connectivity index is 0. The van der Waals surface area contributed by atoms with Gasteiger partial charge < -0.3 is 5.11 Å². The number of hydrogen-bond acceptors (Lipinski definition) is 1. The average molecular weight is 214 g/mol. The smallest absolute Gasteiger partial charge is 0.327 e. The van der Waals surface area contributed by atoms with E-state index in [2.05, 4.69) is 20.4 Å². The van der Waals surface area contributed by atoms with Crippen LogP contribution in [0.5, 0.6) is 0 Å². The van der Waals surface area contributed by atoms with Crippen molar-refractivity contribution in [2.24, 2.45) is 0 Å². The number of unbranched alkanes of at least 4 members (excludes halogenated alkanes) is 7. The maximum Gasteiger partial charge on any atom is 0.327 e. The predicted molar refractivity (Wildman–Crippen MR) is 66.1 cm³/mol. The van der Waals surface area contributed by atoms with Crippen LogP contribution in [-0.4, -0.2) is 11.1 Å². The minimum absolute atomic E-state index is 0.833. The van der Waals surface area contributed by atoms with E-state index in [1.165, 1.54) is 51.4 Å². The SMILES string of the molecule is C=CC(=O)O.CCCCCCCCCC. The molecule has 0 atom stereocenters. The minimum atomic E-state index is -0.981. The highest BCUT2D eigenvalue weighted by atomic mass is 16.4. The Bertz CT molecular complexity index is 133. The fourth-order valence-corrected chi connectivity index (χ4v) is 1.21. The summed E-state index contributed by atoms with van der Waals surface area (Å²) in [5.41, 5.74) is 0. The molecule has 0 saturated carbocycles. The third kappa shape index (κ3) is 24.6. The highest BCUT2D eigenvalue weighted by Crippen LogP contribution is 2.07. The van der Waals surface area contributed by atoms with Gasteiger partial charge in [0.2, 0.25) is 0 Å². The van der Waals surface area contributed by atoms with E-state index < -0.39 is 5.97 Å². The van der Waals surface area contributed by atoms with Gasteiger partial charge in [0, 0.05) is 6.08 Å². The summed E-state index contributed by atoms with van der Waals surface area (Å²) in [6.07, 6.45) is 12.3. The molecule has 0 aromatic rings. The van der Waals surface area contributed by atoms with Gasteiger partial charge >= 0.3 is 5.97 Å². The number of carboxylic acid groups (broad SMARTS) is 1. The van der Waals surface area contributed by atoms with Crippen molar-refractivity contribution in [3.05, 3.63) is 12.7 Å². The van der Waals surface area contributed by atoms with Gasteiger partial charge in [0.1, 0.15) is 0 Å². The fourth-order valence-electron chi connectivity index (χ4n) is 1.21. The average Bonchev–Trinajstić information content (AvgIpc) is 2.24. The molecule has 2 nitrogen and oxygen atoms in total. The molecule has 90 valence electrons. The molecule has 0 aromatic carbocycles. The molecule has 0 radical (unpaired) electrons. The van der Waals surface area contributed by atoms with Crippen LogP contribution in [0.3, 0.4) is 0 Å². The van der Waals surface area contributed by atoms with Gasteiger partial charge in [-0.3, -0.25) is 0 Å². The first-order valence-corrected chi connectivity index (χ1v) is 6.04. The van der Waals surface area contributed by atoms with Gasteiger partial charge in [-0.05, 0) is 0 Å². The Hall–Kier alpha value is -0.790. The van der Waals surface area contributed by atoms with Crippen molar-refractivity contribution in [3.8, 4) is 0 Å². The maximum absolute atomic E-state index is 9.25. The highest BCUT2D eigenvalue weighted by molar-refractivity contribution is 5.78. The molecule has 0 rings (SSSR count). The van der Waals surface area contributed by atoms with Crippen molar-refractivity contribution < 1.29 is 9.90 Å². The summed E-state index contributed by atoms with van der Waals surface area (Å²) in [4.78, 5) is 9.25. The molecular weight excluding hydrogens is 188 g/mol. The molecule has 0 aliphatic rings. The molecule has 0 aliphatic carbocycles. The molecule has 0 heterocycles. The zero-order valence-corrected chi connectivity index (χ0v) is 10.3. The van der Waals surface area contributed by atoms with Crippen molar-refractivity contribution in [2.75, 3.05) is 0 Å². The first-order valence-electron chi connectivity index (χ1n) is 6.04. The van der Waals surface area contributed by atoms with E-state index in [0.29, 0.717) is 0 Å². The Morgan fingerprint density at radius 2 is 1.27 bits per heavy atom. The molecule has 2 heteroatoms. The van der Waals surface area contributed by atoms with Crippen LogP contribution in [0.25, 0.3) is 0 Å². The van der Waals surface area contributed by atoms with Crippen LogP contribution >= 0.6 is 0 Å². The van der Waals surface area contributed by atoms with Crippen LogP contribution in [0, 0.1) is 0 Å². The van der Waals surface area contributed by atoms with Crippen LogP contribution in [0.1, 0.15) is 65.2 Å². The summed E-state index contributed by atoms with van der Waals surface area (Å²) in [5.74, 6) is -0.981. The molecule has 0 fully saturated rings.